The zero-order chi connectivity index (χ0) is 12.8. The third-order valence-corrected chi connectivity index (χ3v) is 4.60. The number of nitrogens with zero attached hydrogens (tertiary/aromatic N) is 1. The molecule has 0 amide bonds. The Morgan fingerprint density at radius 3 is 2.78 bits per heavy atom. The number of amidine groups is 1. The maximum absolute atomic E-state index is 4.57. The number of aliphatic imine (C=N–C) groups is 1. The van der Waals surface area contributed by atoms with E-state index in [4.69, 9.17) is 0 Å². The van der Waals surface area contributed by atoms with Crippen LogP contribution in [0.25, 0.3) is 4.91 Å². The molecule has 1 aromatic carbocycles. The molecule has 1 N–H and O–H groups in total. The molecule has 0 atom stereocenters. The Hall–Kier alpha value is -0.870. The first-order valence-electron chi connectivity index (χ1n) is 6.01. The summed E-state index contributed by atoms with van der Waals surface area (Å²) in [5, 5.41) is 4.43. The van der Waals surface area contributed by atoms with E-state index >= 15 is 0 Å². The molecule has 0 unspecified atom stereocenters. The first-order chi connectivity index (χ1) is 8.81. The zero-order valence-electron chi connectivity index (χ0n) is 10.8. The molecule has 1 aliphatic heterocycles. The fraction of sp³-hybridized carbons (Fsp3) is 0.357. The van der Waals surface area contributed by atoms with E-state index in [1.807, 2.05) is 11.8 Å². The average molecular weight is 278 g/mol. The number of hydrogen-bond donors (Lipinski definition) is 1. The second-order valence-corrected chi connectivity index (χ2v) is 5.84. The second-order valence-electron chi connectivity index (χ2n) is 4.09. The van der Waals surface area contributed by atoms with Gasteiger partial charge in [-0.2, -0.15) is 0 Å². The van der Waals surface area contributed by atoms with Crippen molar-refractivity contribution in [2.24, 2.45) is 4.99 Å². The summed E-state index contributed by atoms with van der Waals surface area (Å²) >= 11 is 3.51. The molecule has 4 heteroatoms. The Morgan fingerprint density at radius 1 is 1.28 bits per heavy atom. The molecular formula is C14H18N2S2. The van der Waals surface area contributed by atoms with Crippen LogP contribution in [0.5, 0.6) is 0 Å². The van der Waals surface area contributed by atoms with Crippen molar-refractivity contribution >= 4 is 33.6 Å². The van der Waals surface area contributed by atoms with Crippen LogP contribution in [0.1, 0.15) is 18.9 Å². The molecule has 2 rings (SSSR count). The third kappa shape index (κ3) is 3.56. The summed E-state index contributed by atoms with van der Waals surface area (Å²) in [6.07, 6.45) is 3.13. The molecule has 96 valence electrons. The Morgan fingerprint density at radius 2 is 2.06 bits per heavy atom. The monoisotopic (exact) mass is 278 g/mol. The van der Waals surface area contributed by atoms with Crippen LogP contribution >= 0.6 is 23.5 Å². The fourth-order valence-electron chi connectivity index (χ4n) is 1.86. The fourth-order valence-corrected chi connectivity index (χ4v) is 3.36. The van der Waals surface area contributed by atoms with Crippen molar-refractivity contribution in [1.29, 1.82) is 0 Å². The van der Waals surface area contributed by atoms with E-state index in [-0.39, 0.29) is 0 Å². The van der Waals surface area contributed by atoms with Gasteiger partial charge in [-0.15, -0.1) is 11.8 Å². The van der Waals surface area contributed by atoms with Crippen molar-refractivity contribution in [3.05, 3.63) is 41.5 Å². The molecule has 0 bridgehead atoms. The number of hydrogen-bond acceptors (Lipinski definition) is 4. The van der Waals surface area contributed by atoms with E-state index in [0.29, 0.717) is 0 Å². The van der Waals surface area contributed by atoms with Gasteiger partial charge in [-0.3, -0.25) is 4.99 Å². The van der Waals surface area contributed by atoms with Crippen LogP contribution in [-0.4, -0.2) is 23.8 Å². The minimum absolute atomic E-state index is 0.782. The van der Waals surface area contributed by atoms with Gasteiger partial charge in [0.05, 0.1) is 5.88 Å². The molecule has 1 heterocycles. The predicted molar refractivity (Wildman–Crippen MR) is 85.1 cm³/mol. The largest absolute Gasteiger partial charge is 0.365 e. The molecule has 0 spiro atoms. The van der Waals surface area contributed by atoms with Crippen molar-refractivity contribution in [3.63, 3.8) is 0 Å². The Kier molecular flexibility index (Phi) is 5.20. The maximum Gasteiger partial charge on any atom is 0.157 e. The highest BCUT2D eigenvalue weighted by molar-refractivity contribution is 8.13. The van der Waals surface area contributed by atoms with Gasteiger partial charge in [-0.25, -0.2) is 0 Å². The van der Waals surface area contributed by atoms with Crippen LogP contribution < -0.4 is 5.32 Å². The molecule has 2 nitrogen and oxygen atoms in total. The van der Waals surface area contributed by atoms with E-state index in [2.05, 4.69) is 53.8 Å². The summed E-state index contributed by atoms with van der Waals surface area (Å²) in [6.45, 7) is 3.18. The lowest BCUT2D eigenvalue weighted by Gasteiger charge is -2.10. The summed E-state index contributed by atoms with van der Waals surface area (Å²) in [6, 6.07) is 10.6. The van der Waals surface area contributed by atoms with Gasteiger partial charge in [0, 0.05) is 11.4 Å². The first-order valence-corrected chi connectivity index (χ1v) is 8.22. The van der Waals surface area contributed by atoms with Crippen molar-refractivity contribution in [2.75, 3.05) is 18.7 Å². The molecule has 18 heavy (non-hydrogen) atoms. The van der Waals surface area contributed by atoms with E-state index in [1.54, 1.807) is 11.8 Å². The quantitative estimate of drug-likeness (QED) is 0.845. The zero-order valence-corrected chi connectivity index (χ0v) is 12.4. The van der Waals surface area contributed by atoms with Crippen LogP contribution in [0.3, 0.4) is 0 Å². The molecular weight excluding hydrogens is 260 g/mol. The molecule has 0 aliphatic carbocycles. The highest BCUT2D eigenvalue weighted by Crippen LogP contribution is 2.32. The molecule has 0 fully saturated rings. The minimum atomic E-state index is 0.782. The SMILES string of the molecule is CS/C1=N/CS/C(c2ccccc2)=C(/C)CCN1. The van der Waals surface area contributed by atoms with Gasteiger partial charge in [0.1, 0.15) is 0 Å². The van der Waals surface area contributed by atoms with E-state index < -0.39 is 0 Å². The molecule has 1 aromatic rings. The smallest absolute Gasteiger partial charge is 0.157 e. The first kappa shape index (κ1) is 13.6. The van der Waals surface area contributed by atoms with Gasteiger partial charge in [0.2, 0.25) is 0 Å². The van der Waals surface area contributed by atoms with E-state index in [1.165, 1.54) is 16.0 Å². The van der Waals surface area contributed by atoms with Gasteiger partial charge in [-0.05, 0) is 25.2 Å². The molecule has 0 saturated heterocycles. The highest BCUT2D eigenvalue weighted by Gasteiger charge is 2.09. The standard InChI is InChI=1S/C14H18N2S2/c1-11-8-9-15-14(17-2)16-10-18-13(11)12-6-4-3-5-7-12/h3-7H,8-10H2,1-2H3,(H,15,16)/b13-11-. The lowest BCUT2D eigenvalue weighted by molar-refractivity contribution is 0.867. The van der Waals surface area contributed by atoms with Gasteiger partial charge in [0.15, 0.2) is 5.17 Å². The van der Waals surface area contributed by atoms with E-state index in [9.17, 15) is 0 Å². The summed E-state index contributed by atoms with van der Waals surface area (Å²) in [4.78, 5) is 5.95. The highest BCUT2D eigenvalue weighted by atomic mass is 32.2. The van der Waals surface area contributed by atoms with Crippen molar-refractivity contribution in [2.45, 2.75) is 13.3 Å². The predicted octanol–water partition coefficient (Wildman–Crippen LogP) is 3.82. The van der Waals surface area contributed by atoms with Gasteiger partial charge in [-0.1, -0.05) is 47.7 Å². The van der Waals surface area contributed by atoms with Crippen LogP contribution in [0.2, 0.25) is 0 Å². The molecule has 0 radical (unpaired) electrons. The van der Waals surface area contributed by atoms with Crippen LogP contribution in [0.15, 0.2) is 40.9 Å². The normalized spacial score (nSPS) is 24.2. The summed E-state index contributed by atoms with van der Waals surface area (Å²) in [5.41, 5.74) is 2.75. The van der Waals surface area contributed by atoms with Gasteiger partial charge < -0.3 is 5.32 Å². The van der Waals surface area contributed by atoms with E-state index in [0.717, 1.165) is 24.0 Å². The number of thioether (sulfide) groups is 2. The Bertz CT molecular complexity index is 452. The Balaban J connectivity index is 2.22. The van der Waals surface area contributed by atoms with Crippen LogP contribution in [-0.2, 0) is 0 Å². The van der Waals surface area contributed by atoms with Crippen LogP contribution in [0, 0.1) is 0 Å². The maximum atomic E-state index is 4.57. The minimum Gasteiger partial charge on any atom is -0.365 e. The summed E-state index contributed by atoms with van der Waals surface area (Å²) in [7, 11) is 0. The van der Waals surface area contributed by atoms with Crippen molar-refractivity contribution in [3.8, 4) is 0 Å². The Labute approximate surface area is 117 Å². The second kappa shape index (κ2) is 6.90. The summed E-state index contributed by atoms with van der Waals surface area (Å²) in [5.74, 6) is 0.782. The number of rotatable bonds is 1. The van der Waals surface area contributed by atoms with Gasteiger partial charge >= 0.3 is 0 Å². The lowest BCUT2D eigenvalue weighted by Crippen LogP contribution is -2.21. The molecule has 0 aromatic heterocycles. The topological polar surface area (TPSA) is 24.4 Å². The molecule has 0 saturated carbocycles. The van der Waals surface area contributed by atoms with Crippen molar-refractivity contribution in [1.82, 2.24) is 5.32 Å². The number of benzene rings is 1. The van der Waals surface area contributed by atoms with Crippen molar-refractivity contribution < 1.29 is 0 Å². The third-order valence-electron chi connectivity index (χ3n) is 2.81. The number of nitrogens with one attached hydrogen (secondary N) is 1. The average Bonchev–Trinajstić information content (AvgIpc) is 2.50. The van der Waals surface area contributed by atoms with Gasteiger partial charge in [0.25, 0.3) is 0 Å². The van der Waals surface area contributed by atoms with Crippen LogP contribution in [0.4, 0.5) is 0 Å². The lowest BCUT2D eigenvalue weighted by atomic mass is 10.1. The molecule has 1 aliphatic rings. The summed E-state index contributed by atoms with van der Waals surface area (Å²) < 4.78 is 0.